The molecule has 1 aromatic carbocycles. The van der Waals surface area contributed by atoms with Gasteiger partial charge in [0.05, 0.1) is 12.2 Å². The minimum absolute atomic E-state index is 0.0360. The van der Waals surface area contributed by atoms with Gasteiger partial charge < -0.3 is 9.42 Å². The lowest BCUT2D eigenvalue weighted by Crippen LogP contribution is -2.31. The van der Waals surface area contributed by atoms with E-state index >= 15 is 0 Å². The SMILES string of the molecule is Cc1noc(C)c1[C@@H](C)CC(=O)N(Cc1ccccc1)c1ccncc1. The van der Waals surface area contributed by atoms with Crippen LogP contribution < -0.4 is 4.90 Å². The van der Waals surface area contributed by atoms with Gasteiger partial charge in [0, 0.05) is 30.1 Å². The summed E-state index contributed by atoms with van der Waals surface area (Å²) < 4.78 is 5.26. The molecule has 0 radical (unpaired) electrons. The first-order valence-corrected chi connectivity index (χ1v) is 8.73. The molecule has 0 N–H and O–H groups in total. The molecule has 0 bridgehead atoms. The van der Waals surface area contributed by atoms with Crippen LogP contribution in [-0.4, -0.2) is 16.0 Å². The summed E-state index contributed by atoms with van der Waals surface area (Å²) in [6.07, 6.45) is 3.80. The summed E-state index contributed by atoms with van der Waals surface area (Å²) in [4.78, 5) is 19.0. The molecular weight excluding hydrogens is 326 g/mol. The number of carbonyl (C=O) groups excluding carboxylic acids is 1. The molecule has 1 atom stereocenters. The average Bonchev–Trinajstić information content (AvgIpc) is 2.99. The summed E-state index contributed by atoms with van der Waals surface area (Å²) >= 11 is 0. The maximum atomic E-state index is 13.1. The van der Waals surface area contributed by atoms with E-state index < -0.39 is 0 Å². The van der Waals surface area contributed by atoms with Crippen LogP contribution >= 0.6 is 0 Å². The monoisotopic (exact) mass is 349 g/mol. The maximum Gasteiger partial charge on any atom is 0.227 e. The average molecular weight is 349 g/mol. The van der Waals surface area contributed by atoms with Crippen molar-refractivity contribution in [2.24, 2.45) is 0 Å². The molecule has 2 heterocycles. The van der Waals surface area contributed by atoms with Gasteiger partial charge in [-0.3, -0.25) is 9.78 Å². The number of hydrogen-bond acceptors (Lipinski definition) is 4. The molecule has 3 aromatic rings. The molecule has 134 valence electrons. The number of aromatic nitrogens is 2. The molecule has 5 nitrogen and oxygen atoms in total. The lowest BCUT2D eigenvalue weighted by atomic mass is 9.95. The van der Waals surface area contributed by atoms with Crippen LogP contribution in [0.2, 0.25) is 0 Å². The molecule has 0 saturated carbocycles. The molecule has 0 unspecified atom stereocenters. The molecule has 3 rings (SSSR count). The van der Waals surface area contributed by atoms with Crippen LogP contribution in [0.3, 0.4) is 0 Å². The van der Waals surface area contributed by atoms with Crippen molar-refractivity contribution in [3.8, 4) is 0 Å². The van der Waals surface area contributed by atoms with Crippen molar-refractivity contribution in [3.05, 3.63) is 77.4 Å². The highest BCUT2D eigenvalue weighted by Gasteiger charge is 2.23. The minimum atomic E-state index is 0.0360. The third kappa shape index (κ3) is 3.99. The Kier molecular flexibility index (Phi) is 5.46. The third-order valence-electron chi connectivity index (χ3n) is 4.52. The Balaban J connectivity index is 1.83. The Morgan fingerprint density at radius 2 is 1.81 bits per heavy atom. The van der Waals surface area contributed by atoms with Gasteiger partial charge in [-0.1, -0.05) is 42.4 Å². The zero-order valence-corrected chi connectivity index (χ0v) is 15.3. The predicted molar refractivity (Wildman–Crippen MR) is 101 cm³/mol. The molecule has 0 aliphatic heterocycles. The highest BCUT2D eigenvalue weighted by Crippen LogP contribution is 2.28. The van der Waals surface area contributed by atoms with Gasteiger partial charge in [0.25, 0.3) is 0 Å². The van der Waals surface area contributed by atoms with Crippen molar-refractivity contribution in [1.82, 2.24) is 10.1 Å². The van der Waals surface area contributed by atoms with Crippen LogP contribution in [0.4, 0.5) is 5.69 Å². The van der Waals surface area contributed by atoms with E-state index in [1.807, 2.05) is 68.1 Å². The molecule has 1 amide bonds. The van der Waals surface area contributed by atoms with E-state index in [0.717, 1.165) is 28.3 Å². The summed E-state index contributed by atoms with van der Waals surface area (Å²) in [5.74, 6) is 0.878. The Bertz CT molecular complexity index is 840. The standard InChI is InChI=1S/C21H23N3O2/c1-15(21-16(2)23-26-17(21)3)13-20(25)24(19-9-11-22-12-10-19)14-18-7-5-4-6-8-18/h4-12,15H,13-14H2,1-3H3/t15-/m0/s1. The number of benzene rings is 1. The zero-order valence-electron chi connectivity index (χ0n) is 15.3. The molecule has 2 aromatic heterocycles. The largest absolute Gasteiger partial charge is 0.361 e. The van der Waals surface area contributed by atoms with E-state index in [1.165, 1.54) is 0 Å². The maximum absolute atomic E-state index is 13.1. The first-order valence-electron chi connectivity index (χ1n) is 8.73. The number of hydrogen-bond donors (Lipinski definition) is 0. The molecule has 0 aliphatic carbocycles. The van der Waals surface area contributed by atoms with Crippen LogP contribution in [0.25, 0.3) is 0 Å². The van der Waals surface area contributed by atoms with Crippen LogP contribution in [0.5, 0.6) is 0 Å². The lowest BCUT2D eigenvalue weighted by molar-refractivity contribution is -0.119. The number of amides is 1. The van der Waals surface area contributed by atoms with E-state index in [4.69, 9.17) is 4.52 Å². The number of rotatable bonds is 6. The summed E-state index contributed by atoms with van der Waals surface area (Å²) in [5.41, 5.74) is 3.80. The van der Waals surface area contributed by atoms with Crippen molar-refractivity contribution in [2.45, 2.75) is 39.7 Å². The minimum Gasteiger partial charge on any atom is -0.361 e. The second kappa shape index (κ2) is 7.95. The van der Waals surface area contributed by atoms with Crippen LogP contribution in [-0.2, 0) is 11.3 Å². The Morgan fingerprint density at radius 1 is 1.12 bits per heavy atom. The summed E-state index contributed by atoms with van der Waals surface area (Å²) in [5, 5.41) is 4.01. The van der Waals surface area contributed by atoms with Gasteiger partial charge in [0.2, 0.25) is 5.91 Å². The molecule has 0 aliphatic rings. The van der Waals surface area contributed by atoms with Crippen LogP contribution in [0, 0.1) is 13.8 Å². The van der Waals surface area contributed by atoms with Crippen LogP contribution in [0.15, 0.2) is 59.4 Å². The Morgan fingerprint density at radius 3 is 2.42 bits per heavy atom. The fraction of sp³-hybridized carbons (Fsp3) is 0.286. The highest BCUT2D eigenvalue weighted by atomic mass is 16.5. The van der Waals surface area contributed by atoms with Gasteiger partial charge in [0.1, 0.15) is 5.76 Å². The van der Waals surface area contributed by atoms with E-state index in [-0.39, 0.29) is 11.8 Å². The summed E-state index contributed by atoms with van der Waals surface area (Å²) in [6, 6.07) is 13.7. The number of carbonyl (C=O) groups is 1. The smallest absolute Gasteiger partial charge is 0.227 e. The van der Waals surface area contributed by atoms with Gasteiger partial charge >= 0.3 is 0 Å². The van der Waals surface area contributed by atoms with Crippen molar-refractivity contribution >= 4 is 11.6 Å². The molecular formula is C21H23N3O2. The van der Waals surface area contributed by atoms with E-state index in [1.54, 1.807) is 12.4 Å². The fourth-order valence-electron chi connectivity index (χ4n) is 3.28. The van der Waals surface area contributed by atoms with E-state index in [0.29, 0.717) is 13.0 Å². The van der Waals surface area contributed by atoms with Gasteiger partial charge in [-0.15, -0.1) is 0 Å². The second-order valence-electron chi connectivity index (χ2n) is 6.51. The predicted octanol–water partition coefficient (Wildman–Crippen LogP) is 4.41. The number of anilines is 1. The van der Waals surface area contributed by atoms with Crippen molar-refractivity contribution in [1.29, 1.82) is 0 Å². The van der Waals surface area contributed by atoms with Crippen molar-refractivity contribution in [3.63, 3.8) is 0 Å². The summed E-state index contributed by atoms with van der Waals surface area (Å²) in [6.45, 7) is 6.37. The normalized spacial score (nSPS) is 12.0. The molecule has 5 heteroatoms. The zero-order chi connectivity index (χ0) is 18.5. The van der Waals surface area contributed by atoms with Crippen molar-refractivity contribution in [2.75, 3.05) is 4.90 Å². The van der Waals surface area contributed by atoms with Gasteiger partial charge in [-0.25, -0.2) is 0 Å². The third-order valence-corrected chi connectivity index (χ3v) is 4.52. The summed E-state index contributed by atoms with van der Waals surface area (Å²) in [7, 11) is 0. The quantitative estimate of drug-likeness (QED) is 0.661. The second-order valence-corrected chi connectivity index (χ2v) is 6.51. The fourth-order valence-corrected chi connectivity index (χ4v) is 3.28. The molecule has 0 fully saturated rings. The first-order chi connectivity index (χ1) is 12.6. The topological polar surface area (TPSA) is 59.2 Å². The molecule has 26 heavy (non-hydrogen) atoms. The molecule has 0 saturated heterocycles. The van der Waals surface area contributed by atoms with Crippen LogP contribution in [0.1, 0.15) is 41.8 Å². The van der Waals surface area contributed by atoms with Gasteiger partial charge in [0.15, 0.2) is 0 Å². The highest BCUT2D eigenvalue weighted by molar-refractivity contribution is 5.93. The van der Waals surface area contributed by atoms with Crippen molar-refractivity contribution < 1.29 is 9.32 Å². The molecule has 0 spiro atoms. The number of aryl methyl sites for hydroxylation is 2. The van der Waals surface area contributed by atoms with E-state index in [9.17, 15) is 4.79 Å². The number of nitrogens with zero attached hydrogens (tertiary/aromatic N) is 3. The Hall–Kier alpha value is -2.95. The Labute approximate surface area is 153 Å². The number of pyridine rings is 1. The van der Waals surface area contributed by atoms with E-state index in [2.05, 4.69) is 10.1 Å². The van der Waals surface area contributed by atoms with Gasteiger partial charge in [-0.2, -0.15) is 0 Å². The lowest BCUT2D eigenvalue weighted by Gasteiger charge is -2.24. The first kappa shape index (κ1) is 17.9. The van der Waals surface area contributed by atoms with Gasteiger partial charge in [-0.05, 0) is 37.5 Å².